The van der Waals surface area contributed by atoms with Crippen LogP contribution in [0.3, 0.4) is 0 Å². The molecule has 1 spiro atoms. The summed E-state index contributed by atoms with van der Waals surface area (Å²) < 4.78 is 42.0. The van der Waals surface area contributed by atoms with Crippen LogP contribution >= 0.6 is 11.6 Å². The molecule has 1 saturated heterocycles. The molecule has 5 aliphatic rings. The first-order chi connectivity index (χ1) is 24.4. The molecule has 10 nitrogen and oxygen atoms in total. The van der Waals surface area contributed by atoms with Gasteiger partial charge in [-0.15, -0.1) is 0 Å². The van der Waals surface area contributed by atoms with Gasteiger partial charge in [-0.25, -0.2) is 13.1 Å². The Hall–Kier alpha value is -2.86. The first kappa shape index (κ1) is 36.5. The Morgan fingerprint density at radius 2 is 1.86 bits per heavy atom. The summed E-state index contributed by atoms with van der Waals surface area (Å²) in [5, 5.41) is 3.48. The van der Waals surface area contributed by atoms with Gasteiger partial charge in [0.1, 0.15) is 5.75 Å². The van der Waals surface area contributed by atoms with Gasteiger partial charge in [-0.1, -0.05) is 31.0 Å². The highest BCUT2D eigenvalue weighted by molar-refractivity contribution is 7.90. The van der Waals surface area contributed by atoms with E-state index in [2.05, 4.69) is 32.0 Å². The summed E-state index contributed by atoms with van der Waals surface area (Å²) >= 11 is 6.49. The molecule has 6 atom stereocenters. The van der Waals surface area contributed by atoms with E-state index in [4.69, 9.17) is 21.1 Å². The van der Waals surface area contributed by atoms with Gasteiger partial charge in [-0.05, 0) is 111 Å². The average Bonchev–Trinajstić information content (AvgIpc) is 3.22. The van der Waals surface area contributed by atoms with Crippen molar-refractivity contribution in [1.29, 1.82) is 0 Å². The van der Waals surface area contributed by atoms with Crippen LogP contribution in [-0.4, -0.2) is 88.5 Å². The largest absolute Gasteiger partial charge is 0.490 e. The second kappa shape index (κ2) is 14.5. The number of amides is 2. The number of sulfonamides is 1. The molecule has 278 valence electrons. The summed E-state index contributed by atoms with van der Waals surface area (Å²) in [6, 6.07) is 11.5. The Labute approximate surface area is 308 Å². The number of aryl methyl sites for hydroxylation is 1. The first-order valence-electron chi connectivity index (χ1n) is 18.8. The molecule has 0 radical (unpaired) electrons. The van der Waals surface area contributed by atoms with E-state index in [1.807, 2.05) is 25.1 Å². The molecule has 2 N–H and O–H groups in total. The molecule has 2 amide bonds. The zero-order chi connectivity index (χ0) is 36.0. The lowest BCUT2D eigenvalue weighted by Crippen LogP contribution is -2.65. The lowest BCUT2D eigenvalue weighted by Gasteiger charge is -2.54. The minimum absolute atomic E-state index is 0.0374. The maximum Gasteiger partial charge on any atom is 0.264 e. The van der Waals surface area contributed by atoms with Gasteiger partial charge in [0, 0.05) is 55.6 Å². The highest BCUT2D eigenvalue weighted by Crippen LogP contribution is 2.49. The molecule has 1 saturated carbocycles. The van der Waals surface area contributed by atoms with Crippen molar-refractivity contribution < 1.29 is 27.5 Å². The zero-order valence-electron chi connectivity index (χ0n) is 30.2. The SMILES string of the molecule is CC(=O)N[C@@]1(CN2CCOCC2)CCC[C@H](C)[C@@H](C)S(=O)(=O)NC(=O)c2ccc3c(c2)N(C[C@@H]2CC[C@H]21)C[C@@]1(CCCc2cc(Cl)ccc21)CO3. The van der Waals surface area contributed by atoms with E-state index in [1.165, 1.54) is 11.1 Å². The molecule has 2 aromatic rings. The van der Waals surface area contributed by atoms with Crippen LogP contribution in [0.5, 0.6) is 5.75 Å². The van der Waals surface area contributed by atoms with E-state index in [-0.39, 0.29) is 34.6 Å². The van der Waals surface area contributed by atoms with Crippen LogP contribution in [0.2, 0.25) is 5.02 Å². The molecule has 0 unspecified atom stereocenters. The highest BCUT2D eigenvalue weighted by atomic mass is 35.5. The minimum Gasteiger partial charge on any atom is -0.490 e. The number of carbonyl (C=O) groups excluding carboxylic acids is 2. The standard InChI is InChI=1S/C39H53ClN4O6S/c1-26-6-4-15-39(41-28(3)45,24-43-16-18-49-19-17-43)34-11-8-31(34)22-44-23-38(14-5-7-29-20-32(40)10-12-33(29)38)25-50-36-13-9-30(21-35(36)44)37(46)42-51(47,48)27(26)2/h9-10,12-13,20-21,26-27,31,34H,4-8,11,14-19,22-25H2,1-3H3,(H,41,45)(H,42,46)/t26-,27+,31-,34+,38-,39+/m0/s1. The molecule has 3 heterocycles. The van der Waals surface area contributed by atoms with Gasteiger partial charge in [0.25, 0.3) is 5.91 Å². The molecule has 2 aliphatic carbocycles. The normalized spacial score (nSPS) is 32.7. The van der Waals surface area contributed by atoms with Gasteiger partial charge in [-0.2, -0.15) is 0 Å². The Morgan fingerprint density at radius 3 is 2.61 bits per heavy atom. The van der Waals surface area contributed by atoms with Crippen LogP contribution in [0.15, 0.2) is 36.4 Å². The van der Waals surface area contributed by atoms with Crippen LogP contribution in [-0.2, 0) is 31.4 Å². The fourth-order valence-corrected chi connectivity index (χ4v) is 11.2. The second-order valence-electron chi connectivity index (χ2n) is 16.0. The molecule has 51 heavy (non-hydrogen) atoms. The van der Waals surface area contributed by atoms with E-state index in [9.17, 15) is 18.0 Å². The molecule has 0 aromatic heterocycles. The molecule has 2 aromatic carbocycles. The average molecular weight is 741 g/mol. The van der Waals surface area contributed by atoms with Gasteiger partial charge in [-0.3, -0.25) is 14.5 Å². The number of carbonyl (C=O) groups is 2. The summed E-state index contributed by atoms with van der Waals surface area (Å²) in [6.45, 7) is 10.9. The molecule has 7 rings (SSSR count). The fourth-order valence-electron chi connectivity index (χ4n) is 9.70. The van der Waals surface area contributed by atoms with Gasteiger partial charge >= 0.3 is 0 Å². The van der Waals surface area contributed by atoms with Crippen molar-refractivity contribution in [3.05, 3.63) is 58.1 Å². The van der Waals surface area contributed by atoms with E-state index in [0.29, 0.717) is 38.5 Å². The van der Waals surface area contributed by atoms with Gasteiger partial charge < -0.3 is 19.7 Å². The van der Waals surface area contributed by atoms with Crippen LogP contribution in [0.1, 0.15) is 87.2 Å². The van der Waals surface area contributed by atoms with Gasteiger partial charge in [0.15, 0.2) is 0 Å². The Morgan fingerprint density at radius 1 is 1.06 bits per heavy atom. The molecule has 12 heteroatoms. The quantitative estimate of drug-likeness (QED) is 0.435. The fraction of sp³-hybridized carbons (Fsp3) is 0.641. The predicted molar refractivity (Wildman–Crippen MR) is 199 cm³/mol. The number of fused-ring (bicyclic) bond motifs is 4. The topological polar surface area (TPSA) is 117 Å². The third-order valence-corrected chi connectivity index (χ3v) is 14.9. The number of ether oxygens (including phenoxy) is 2. The third kappa shape index (κ3) is 7.37. The smallest absolute Gasteiger partial charge is 0.264 e. The number of morpholine rings is 1. The minimum atomic E-state index is -3.96. The molecular weight excluding hydrogens is 688 g/mol. The van der Waals surface area contributed by atoms with Crippen molar-refractivity contribution in [3.63, 3.8) is 0 Å². The number of rotatable bonds is 3. The number of hydrogen-bond donors (Lipinski definition) is 2. The summed E-state index contributed by atoms with van der Waals surface area (Å²) in [6.07, 6.45) is 7.13. The van der Waals surface area contributed by atoms with Crippen LogP contribution < -0.4 is 19.7 Å². The van der Waals surface area contributed by atoms with Crippen molar-refractivity contribution in [1.82, 2.24) is 14.9 Å². The number of hydrogen-bond acceptors (Lipinski definition) is 8. The highest BCUT2D eigenvalue weighted by Gasteiger charge is 2.50. The van der Waals surface area contributed by atoms with Crippen LogP contribution in [0, 0.1) is 17.8 Å². The number of anilines is 1. The number of nitrogens with zero attached hydrogens (tertiary/aromatic N) is 2. The summed E-state index contributed by atoms with van der Waals surface area (Å²) in [5.74, 6) is 0.339. The van der Waals surface area contributed by atoms with Crippen molar-refractivity contribution in [2.24, 2.45) is 17.8 Å². The van der Waals surface area contributed by atoms with Crippen molar-refractivity contribution >= 4 is 39.1 Å². The number of halogens is 1. The van der Waals surface area contributed by atoms with E-state index in [1.54, 1.807) is 19.9 Å². The maximum atomic E-state index is 13.6. The van der Waals surface area contributed by atoms with Crippen LogP contribution in [0.25, 0.3) is 0 Å². The maximum absolute atomic E-state index is 13.6. The Balaban J connectivity index is 1.32. The third-order valence-electron chi connectivity index (χ3n) is 12.7. The van der Waals surface area contributed by atoms with E-state index < -0.39 is 26.7 Å². The second-order valence-corrected chi connectivity index (χ2v) is 18.5. The summed E-state index contributed by atoms with van der Waals surface area (Å²) in [4.78, 5) is 31.6. The van der Waals surface area contributed by atoms with Crippen molar-refractivity contribution in [3.8, 4) is 5.75 Å². The Kier molecular flexibility index (Phi) is 10.4. The molecule has 2 bridgehead atoms. The van der Waals surface area contributed by atoms with Crippen LogP contribution in [0.4, 0.5) is 5.69 Å². The molecular formula is C39H53ClN4O6S. The van der Waals surface area contributed by atoms with E-state index in [0.717, 1.165) is 81.8 Å². The first-order valence-corrected chi connectivity index (χ1v) is 20.8. The zero-order valence-corrected chi connectivity index (χ0v) is 31.8. The Bertz CT molecular complexity index is 1750. The molecule has 2 fully saturated rings. The summed E-state index contributed by atoms with van der Waals surface area (Å²) in [5.41, 5.74) is 2.83. The monoisotopic (exact) mass is 740 g/mol. The van der Waals surface area contributed by atoms with Gasteiger partial charge in [0.2, 0.25) is 15.9 Å². The number of nitrogens with one attached hydrogen (secondary N) is 2. The van der Waals surface area contributed by atoms with Crippen molar-refractivity contribution in [2.75, 3.05) is 57.4 Å². The lowest BCUT2D eigenvalue weighted by molar-refractivity contribution is -0.124. The number of benzene rings is 2. The molecule has 3 aliphatic heterocycles. The lowest BCUT2D eigenvalue weighted by atomic mass is 9.60. The van der Waals surface area contributed by atoms with Crippen molar-refractivity contribution in [2.45, 2.75) is 88.3 Å². The van der Waals surface area contributed by atoms with Gasteiger partial charge in [0.05, 0.1) is 36.3 Å². The van der Waals surface area contributed by atoms with E-state index >= 15 is 0 Å². The predicted octanol–water partition coefficient (Wildman–Crippen LogP) is 5.31. The summed E-state index contributed by atoms with van der Waals surface area (Å²) in [7, 11) is -3.96.